The molecule has 1 heterocycles. The molecule has 0 amide bonds. The molecule has 1 aliphatic heterocycles. The number of ether oxygens (including phenoxy) is 4. The number of fused-ring (bicyclic) bond motifs is 1. The van der Waals surface area contributed by atoms with Crippen LogP contribution in [0.2, 0.25) is 0 Å². The fourth-order valence-electron chi connectivity index (χ4n) is 1.48. The molecule has 0 aromatic heterocycles. The topological polar surface area (TPSA) is 36.9 Å². The monoisotopic (exact) mass is 228 g/mol. The number of hydrogen-bond acceptors (Lipinski definition) is 5. The van der Waals surface area contributed by atoms with E-state index in [9.17, 15) is 0 Å². The van der Waals surface area contributed by atoms with Gasteiger partial charge < -0.3 is 18.9 Å². The molecule has 0 saturated carbocycles. The first-order valence-corrected chi connectivity index (χ1v) is 4.89. The van der Waals surface area contributed by atoms with Crippen molar-refractivity contribution in [1.82, 2.24) is 0 Å². The lowest BCUT2D eigenvalue weighted by Gasteiger charge is -2.25. The Bertz CT molecular complexity index is 367. The highest BCUT2D eigenvalue weighted by Crippen LogP contribution is 2.38. The summed E-state index contributed by atoms with van der Waals surface area (Å²) in [5.41, 5.74) is 0.818. The third kappa shape index (κ3) is 1.90. The fourth-order valence-corrected chi connectivity index (χ4v) is 1.75. The van der Waals surface area contributed by atoms with Crippen molar-refractivity contribution < 1.29 is 18.9 Å². The van der Waals surface area contributed by atoms with Crippen LogP contribution in [0.1, 0.15) is 11.9 Å². The predicted molar refractivity (Wildman–Crippen MR) is 56.6 cm³/mol. The maximum absolute atomic E-state index is 5.33. The highest BCUT2D eigenvalue weighted by atomic mass is 32.1. The first kappa shape index (κ1) is 10.6. The van der Waals surface area contributed by atoms with Crippen molar-refractivity contribution in [1.29, 1.82) is 0 Å². The molecule has 15 heavy (non-hydrogen) atoms. The number of methoxy groups -OCH3 is 2. The molecule has 0 spiro atoms. The zero-order valence-electron chi connectivity index (χ0n) is 8.52. The molecule has 0 N–H and O–H groups in total. The Morgan fingerprint density at radius 3 is 2.87 bits per heavy atom. The minimum Gasteiger partial charge on any atom is -0.496 e. The van der Waals surface area contributed by atoms with Crippen molar-refractivity contribution >= 4 is 12.6 Å². The Balaban J connectivity index is 2.46. The summed E-state index contributed by atoms with van der Waals surface area (Å²) in [7, 11) is 3.18. The number of hydrogen-bond donors (Lipinski definition) is 1. The molecule has 0 bridgehead atoms. The van der Waals surface area contributed by atoms with Gasteiger partial charge in [0, 0.05) is 12.0 Å². The van der Waals surface area contributed by atoms with Gasteiger partial charge in [0.2, 0.25) is 0 Å². The van der Waals surface area contributed by atoms with Gasteiger partial charge in [0.1, 0.15) is 11.5 Å². The zero-order valence-corrected chi connectivity index (χ0v) is 9.41. The molecule has 1 aliphatic rings. The SMILES string of the molecule is COc1cc2c(cc1S)OCOC2OC. The second-order valence-corrected chi connectivity index (χ2v) is 3.54. The molecule has 1 aromatic carbocycles. The summed E-state index contributed by atoms with van der Waals surface area (Å²) >= 11 is 4.28. The van der Waals surface area contributed by atoms with Gasteiger partial charge in [-0.05, 0) is 12.1 Å². The first-order chi connectivity index (χ1) is 7.26. The van der Waals surface area contributed by atoms with E-state index in [0.717, 1.165) is 16.2 Å². The van der Waals surface area contributed by atoms with E-state index in [-0.39, 0.29) is 6.79 Å². The highest BCUT2D eigenvalue weighted by molar-refractivity contribution is 7.80. The van der Waals surface area contributed by atoms with Gasteiger partial charge >= 0.3 is 0 Å². The third-order valence-corrected chi connectivity index (χ3v) is 2.56. The number of benzene rings is 1. The van der Waals surface area contributed by atoms with Crippen LogP contribution in [-0.2, 0) is 9.47 Å². The van der Waals surface area contributed by atoms with Crippen LogP contribution in [-0.4, -0.2) is 21.0 Å². The van der Waals surface area contributed by atoms with Crippen LogP contribution in [0.3, 0.4) is 0 Å². The van der Waals surface area contributed by atoms with E-state index in [1.54, 1.807) is 20.3 Å². The highest BCUT2D eigenvalue weighted by Gasteiger charge is 2.23. The Labute approximate surface area is 93.5 Å². The minimum absolute atomic E-state index is 0.186. The smallest absolute Gasteiger partial charge is 0.192 e. The van der Waals surface area contributed by atoms with Crippen molar-refractivity contribution in [2.45, 2.75) is 11.2 Å². The molecule has 0 aliphatic carbocycles. The normalized spacial score (nSPS) is 19.3. The van der Waals surface area contributed by atoms with Crippen molar-refractivity contribution in [3.05, 3.63) is 17.7 Å². The third-order valence-electron chi connectivity index (χ3n) is 2.21. The van der Waals surface area contributed by atoms with E-state index >= 15 is 0 Å². The van der Waals surface area contributed by atoms with E-state index in [1.807, 2.05) is 6.07 Å². The standard InChI is InChI=1S/C10H12O4S/c1-11-8-3-6-7(4-9(8)15)13-5-14-10(6)12-2/h3-4,10,15H,5H2,1-2H3. The molecule has 0 fully saturated rings. The van der Waals surface area contributed by atoms with E-state index in [2.05, 4.69) is 12.6 Å². The minimum atomic E-state index is -0.406. The van der Waals surface area contributed by atoms with Crippen LogP contribution in [0.4, 0.5) is 0 Å². The van der Waals surface area contributed by atoms with Crippen LogP contribution in [0.15, 0.2) is 17.0 Å². The molecule has 82 valence electrons. The Morgan fingerprint density at radius 2 is 2.20 bits per heavy atom. The summed E-state index contributed by atoms with van der Waals surface area (Å²) in [6.07, 6.45) is -0.406. The van der Waals surface area contributed by atoms with E-state index in [1.165, 1.54) is 0 Å². The summed E-state index contributed by atoms with van der Waals surface area (Å²) in [5.74, 6) is 1.40. The van der Waals surface area contributed by atoms with Crippen LogP contribution in [0, 0.1) is 0 Å². The van der Waals surface area contributed by atoms with Gasteiger partial charge in [0.25, 0.3) is 0 Å². The van der Waals surface area contributed by atoms with E-state index < -0.39 is 6.29 Å². The average molecular weight is 228 g/mol. The van der Waals surface area contributed by atoms with Crippen molar-refractivity contribution in [2.24, 2.45) is 0 Å². The van der Waals surface area contributed by atoms with Gasteiger partial charge in [-0.15, -0.1) is 12.6 Å². The summed E-state index contributed by atoms with van der Waals surface area (Å²) in [6, 6.07) is 3.61. The second-order valence-electron chi connectivity index (χ2n) is 3.06. The maximum Gasteiger partial charge on any atom is 0.192 e. The van der Waals surface area contributed by atoms with Crippen LogP contribution in [0.5, 0.6) is 11.5 Å². The number of thiol groups is 1. The molecular weight excluding hydrogens is 216 g/mol. The van der Waals surface area contributed by atoms with Crippen LogP contribution in [0.25, 0.3) is 0 Å². The van der Waals surface area contributed by atoms with Gasteiger partial charge in [0.15, 0.2) is 13.1 Å². The Morgan fingerprint density at radius 1 is 1.40 bits per heavy atom. The Kier molecular flexibility index (Phi) is 3.04. The van der Waals surface area contributed by atoms with Gasteiger partial charge in [0.05, 0.1) is 12.7 Å². The quantitative estimate of drug-likeness (QED) is 0.785. The zero-order chi connectivity index (χ0) is 10.8. The Hall–Kier alpha value is -0.910. The lowest BCUT2D eigenvalue weighted by molar-refractivity contribution is -0.180. The van der Waals surface area contributed by atoms with Crippen LogP contribution >= 0.6 is 12.6 Å². The van der Waals surface area contributed by atoms with Crippen molar-refractivity contribution in [2.75, 3.05) is 21.0 Å². The number of rotatable bonds is 2. The second kappa shape index (κ2) is 4.30. The summed E-state index contributed by atoms with van der Waals surface area (Å²) in [5, 5.41) is 0. The molecule has 2 rings (SSSR count). The van der Waals surface area contributed by atoms with Crippen LogP contribution < -0.4 is 9.47 Å². The van der Waals surface area contributed by atoms with E-state index in [0.29, 0.717) is 5.75 Å². The lowest BCUT2D eigenvalue weighted by atomic mass is 10.1. The molecular formula is C10H12O4S. The summed E-state index contributed by atoms with van der Waals surface area (Å²) < 4.78 is 20.9. The maximum atomic E-state index is 5.33. The molecule has 1 aromatic rings. The predicted octanol–water partition coefficient (Wildman–Crippen LogP) is 2.00. The van der Waals surface area contributed by atoms with Gasteiger partial charge in [-0.2, -0.15) is 0 Å². The van der Waals surface area contributed by atoms with Crippen molar-refractivity contribution in [3.8, 4) is 11.5 Å². The molecule has 0 saturated heterocycles. The molecule has 0 radical (unpaired) electrons. The summed E-state index contributed by atoms with van der Waals surface area (Å²) in [4.78, 5) is 0.730. The van der Waals surface area contributed by atoms with E-state index in [4.69, 9.17) is 18.9 Å². The molecule has 5 heteroatoms. The molecule has 4 nitrogen and oxygen atoms in total. The average Bonchev–Trinajstić information content (AvgIpc) is 2.27. The van der Waals surface area contributed by atoms with Gasteiger partial charge in [-0.25, -0.2) is 0 Å². The largest absolute Gasteiger partial charge is 0.496 e. The fraction of sp³-hybridized carbons (Fsp3) is 0.400. The summed E-state index contributed by atoms with van der Waals surface area (Å²) in [6.45, 7) is 0.186. The van der Waals surface area contributed by atoms with Gasteiger partial charge in [-0.1, -0.05) is 0 Å². The lowest BCUT2D eigenvalue weighted by Crippen LogP contribution is -2.18. The van der Waals surface area contributed by atoms with Crippen molar-refractivity contribution in [3.63, 3.8) is 0 Å². The first-order valence-electron chi connectivity index (χ1n) is 4.44. The van der Waals surface area contributed by atoms with Gasteiger partial charge in [-0.3, -0.25) is 0 Å². The molecule has 1 unspecified atom stereocenters. The molecule has 1 atom stereocenters.